The van der Waals surface area contributed by atoms with Crippen molar-refractivity contribution < 1.29 is 4.74 Å². The van der Waals surface area contributed by atoms with E-state index >= 15 is 0 Å². The Morgan fingerprint density at radius 3 is 2.40 bits per heavy atom. The van der Waals surface area contributed by atoms with Crippen LogP contribution in [-0.2, 0) is 6.54 Å². The third kappa shape index (κ3) is 3.80. The smallest absolute Gasteiger partial charge is 0.147 e. The second-order valence-electron chi connectivity index (χ2n) is 4.19. The van der Waals surface area contributed by atoms with Crippen LogP contribution in [0.4, 0.5) is 0 Å². The Morgan fingerprint density at radius 1 is 0.950 bits per heavy atom. The van der Waals surface area contributed by atoms with Crippen molar-refractivity contribution >= 4 is 34.8 Å². The van der Waals surface area contributed by atoms with Crippen molar-refractivity contribution in [2.45, 2.75) is 13.5 Å². The molecule has 5 heteroatoms. The molecule has 0 radical (unpaired) electrons. The minimum Gasteiger partial charge on any atom is -0.455 e. The molecule has 106 valence electrons. The van der Waals surface area contributed by atoms with Crippen LogP contribution < -0.4 is 10.1 Å². The van der Waals surface area contributed by atoms with Crippen LogP contribution in [0.15, 0.2) is 36.4 Å². The monoisotopic (exact) mass is 329 g/mol. The highest BCUT2D eigenvalue weighted by molar-refractivity contribution is 6.43. The standard InChI is InChI=1S/C15H14Cl3NO/c1-2-19-9-10-5-3-4-6-14(10)20-15-8-12(17)11(16)7-13(15)18/h3-8,19H,2,9H2,1H3. The van der Waals surface area contributed by atoms with Crippen LogP contribution >= 0.6 is 34.8 Å². The Bertz CT molecular complexity index is 602. The van der Waals surface area contributed by atoms with Crippen molar-refractivity contribution in [3.05, 3.63) is 57.0 Å². The maximum atomic E-state index is 6.12. The second-order valence-corrected chi connectivity index (χ2v) is 5.41. The summed E-state index contributed by atoms with van der Waals surface area (Å²) in [6.07, 6.45) is 0. The topological polar surface area (TPSA) is 21.3 Å². The highest BCUT2D eigenvalue weighted by Gasteiger charge is 2.10. The Labute approximate surface area is 133 Å². The molecular weight excluding hydrogens is 317 g/mol. The van der Waals surface area contributed by atoms with E-state index in [1.54, 1.807) is 12.1 Å². The van der Waals surface area contributed by atoms with Crippen LogP contribution in [0.2, 0.25) is 15.1 Å². The van der Waals surface area contributed by atoms with Crippen molar-refractivity contribution in [3.8, 4) is 11.5 Å². The summed E-state index contributed by atoms with van der Waals surface area (Å²) in [6, 6.07) is 11.0. The van der Waals surface area contributed by atoms with E-state index in [2.05, 4.69) is 12.2 Å². The Balaban J connectivity index is 2.28. The summed E-state index contributed by atoms with van der Waals surface area (Å²) in [5.41, 5.74) is 1.05. The van der Waals surface area contributed by atoms with Gasteiger partial charge in [-0.15, -0.1) is 0 Å². The number of benzene rings is 2. The van der Waals surface area contributed by atoms with Gasteiger partial charge in [0.05, 0.1) is 15.1 Å². The van der Waals surface area contributed by atoms with Gasteiger partial charge < -0.3 is 10.1 Å². The van der Waals surface area contributed by atoms with Crippen LogP contribution in [0.5, 0.6) is 11.5 Å². The largest absolute Gasteiger partial charge is 0.455 e. The fraction of sp³-hybridized carbons (Fsp3) is 0.200. The molecule has 0 aliphatic carbocycles. The fourth-order valence-electron chi connectivity index (χ4n) is 1.71. The molecule has 0 spiro atoms. The summed E-state index contributed by atoms with van der Waals surface area (Å²) < 4.78 is 5.86. The molecule has 1 N–H and O–H groups in total. The second kappa shape index (κ2) is 7.19. The van der Waals surface area contributed by atoms with Gasteiger partial charge in [0.2, 0.25) is 0 Å². The molecule has 0 heterocycles. The average Bonchev–Trinajstić information content (AvgIpc) is 2.44. The number of hydrogen-bond donors (Lipinski definition) is 1. The molecule has 20 heavy (non-hydrogen) atoms. The number of ether oxygens (including phenoxy) is 1. The number of nitrogens with one attached hydrogen (secondary N) is 1. The molecule has 0 saturated heterocycles. The summed E-state index contributed by atoms with van der Waals surface area (Å²) in [4.78, 5) is 0. The molecule has 0 aliphatic rings. The minimum absolute atomic E-state index is 0.407. The summed E-state index contributed by atoms with van der Waals surface area (Å²) in [6.45, 7) is 3.67. The van der Waals surface area contributed by atoms with Gasteiger partial charge in [-0.2, -0.15) is 0 Å². The van der Waals surface area contributed by atoms with Crippen LogP contribution in [-0.4, -0.2) is 6.54 Å². The van der Waals surface area contributed by atoms with Gasteiger partial charge in [-0.25, -0.2) is 0 Å². The molecule has 2 aromatic carbocycles. The van der Waals surface area contributed by atoms with E-state index in [0.717, 1.165) is 24.4 Å². The summed E-state index contributed by atoms with van der Waals surface area (Å²) in [5, 5.41) is 4.51. The molecule has 0 amide bonds. The molecular formula is C15H14Cl3NO. The molecule has 0 saturated carbocycles. The van der Waals surface area contributed by atoms with Gasteiger partial charge in [0, 0.05) is 18.2 Å². The molecule has 0 bridgehead atoms. The first-order chi connectivity index (χ1) is 9.61. The molecule has 2 nitrogen and oxygen atoms in total. The number of hydrogen-bond acceptors (Lipinski definition) is 2. The van der Waals surface area contributed by atoms with Gasteiger partial charge in [0.25, 0.3) is 0 Å². The normalized spacial score (nSPS) is 10.6. The zero-order valence-corrected chi connectivity index (χ0v) is 13.2. The highest BCUT2D eigenvalue weighted by Crippen LogP contribution is 2.37. The zero-order valence-electron chi connectivity index (χ0n) is 10.9. The minimum atomic E-state index is 0.407. The third-order valence-electron chi connectivity index (χ3n) is 2.73. The SMILES string of the molecule is CCNCc1ccccc1Oc1cc(Cl)c(Cl)cc1Cl. The van der Waals surface area contributed by atoms with E-state index in [1.807, 2.05) is 24.3 Å². The lowest BCUT2D eigenvalue weighted by molar-refractivity contribution is 0.473. The zero-order chi connectivity index (χ0) is 14.5. The van der Waals surface area contributed by atoms with Crippen molar-refractivity contribution in [1.29, 1.82) is 0 Å². The van der Waals surface area contributed by atoms with Gasteiger partial charge in [0.1, 0.15) is 11.5 Å². The number of rotatable bonds is 5. The first-order valence-electron chi connectivity index (χ1n) is 6.23. The van der Waals surface area contributed by atoms with Crippen molar-refractivity contribution in [1.82, 2.24) is 5.32 Å². The maximum Gasteiger partial charge on any atom is 0.147 e. The molecule has 2 rings (SSSR count). The first kappa shape index (κ1) is 15.5. The molecule has 0 fully saturated rings. The van der Waals surface area contributed by atoms with Crippen molar-refractivity contribution in [3.63, 3.8) is 0 Å². The molecule has 2 aromatic rings. The Hall–Kier alpha value is -0.930. The van der Waals surface area contributed by atoms with E-state index in [1.165, 1.54) is 0 Å². The predicted molar refractivity (Wildman–Crippen MR) is 85.4 cm³/mol. The van der Waals surface area contributed by atoms with Gasteiger partial charge in [-0.3, -0.25) is 0 Å². The average molecular weight is 331 g/mol. The number of para-hydroxylation sites is 1. The van der Waals surface area contributed by atoms with Crippen LogP contribution in [0, 0.1) is 0 Å². The molecule has 0 aromatic heterocycles. The van der Waals surface area contributed by atoms with Gasteiger partial charge >= 0.3 is 0 Å². The van der Waals surface area contributed by atoms with Crippen LogP contribution in [0.1, 0.15) is 12.5 Å². The van der Waals surface area contributed by atoms with Gasteiger partial charge in [-0.1, -0.05) is 59.9 Å². The Morgan fingerprint density at radius 2 is 1.65 bits per heavy atom. The molecule has 0 unspecified atom stereocenters. The van der Waals surface area contributed by atoms with E-state index in [4.69, 9.17) is 39.5 Å². The van der Waals surface area contributed by atoms with Crippen molar-refractivity contribution in [2.75, 3.05) is 6.54 Å². The first-order valence-corrected chi connectivity index (χ1v) is 7.36. The summed E-state index contributed by atoms with van der Waals surface area (Å²) >= 11 is 18.0. The Kier molecular flexibility index (Phi) is 5.55. The summed E-state index contributed by atoms with van der Waals surface area (Å²) in [5.74, 6) is 1.23. The molecule has 0 aliphatic heterocycles. The van der Waals surface area contributed by atoms with Crippen molar-refractivity contribution in [2.24, 2.45) is 0 Å². The van der Waals surface area contributed by atoms with E-state index in [9.17, 15) is 0 Å². The van der Waals surface area contributed by atoms with Crippen LogP contribution in [0.3, 0.4) is 0 Å². The highest BCUT2D eigenvalue weighted by atomic mass is 35.5. The van der Waals surface area contributed by atoms with Crippen LogP contribution in [0.25, 0.3) is 0 Å². The lowest BCUT2D eigenvalue weighted by atomic mass is 10.2. The quantitative estimate of drug-likeness (QED) is 0.726. The van der Waals surface area contributed by atoms with E-state index in [-0.39, 0.29) is 0 Å². The lowest BCUT2D eigenvalue weighted by Gasteiger charge is -2.13. The van der Waals surface area contributed by atoms with Gasteiger partial charge in [0.15, 0.2) is 0 Å². The van der Waals surface area contributed by atoms with E-state index in [0.29, 0.717) is 20.8 Å². The third-order valence-corrected chi connectivity index (χ3v) is 3.75. The van der Waals surface area contributed by atoms with E-state index < -0.39 is 0 Å². The molecule has 0 atom stereocenters. The fourth-order valence-corrected chi connectivity index (χ4v) is 2.29. The maximum absolute atomic E-state index is 6.12. The number of halogens is 3. The summed E-state index contributed by atoms with van der Waals surface area (Å²) in [7, 11) is 0. The van der Waals surface area contributed by atoms with Gasteiger partial charge in [-0.05, 0) is 18.7 Å². The lowest BCUT2D eigenvalue weighted by Crippen LogP contribution is -2.12. The predicted octanol–water partition coefficient (Wildman–Crippen LogP) is 5.55.